The molecule has 0 aromatic heterocycles. The van der Waals surface area contributed by atoms with Crippen molar-refractivity contribution in [1.82, 2.24) is 0 Å². The van der Waals surface area contributed by atoms with Gasteiger partial charge in [-0.15, -0.1) is 0 Å². The van der Waals surface area contributed by atoms with Gasteiger partial charge in [0.1, 0.15) is 0 Å². The van der Waals surface area contributed by atoms with Crippen molar-refractivity contribution in [2.24, 2.45) is 0 Å². The molecule has 2 N–H and O–H groups in total. The summed E-state index contributed by atoms with van der Waals surface area (Å²) in [5.41, 5.74) is 3.50. The highest BCUT2D eigenvalue weighted by Gasteiger charge is 2.22. The first-order valence-corrected chi connectivity index (χ1v) is 9.69. The van der Waals surface area contributed by atoms with Gasteiger partial charge in [-0.25, -0.2) is 0 Å². The van der Waals surface area contributed by atoms with Crippen LogP contribution in [0.1, 0.15) is 31.7 Å². The van der Waals surface area contributed by atoms with Crippen molar-refractivity contribution in [1.29, 1.82) is 0 Å². The molecular weight excluding hydrogens is 322 g/mol. The first-order chi connectivity index (χ1) is 12.7. The molecule has 1 aliphatic rings. The summed E-state index contributed by atoms with van der Waals surface area (Å²) in [5.74, 6) is 0.662. The van der Waals surface area contributed by atoms with Gasteiger partial charge in [-0.2, -0.15) is 0 Å². The third kappa shape index (κ3) is 4.85. The first kappa shape index (κ1) is 18.5. The van der Waals surface area contributed by atoms with Crippen molar-refractivity contribution < 1.29 is 9.69 Å². The number of piperazine rings is 1. The smallest absolute Gasteiger partial charge is 0.279 e. The summed E-state index contributed by atoms with van der Waals surface area (Å²) in [7, 11) is 0. The number of quaternary nitrogens is 1. The van der Waals surface area contributed by atoms with Gasteiger partial charge in [0.05, 0.1) is 26.2 Å². The average molecular weight is 353 g/mol. The van der Waals surface area contributed by atoms with E-state index in [9.17, 15) is 4.79 Å². The molecule has 138 valence electrons. The molecule has 0 spiro atoms. The third-order valence-corrected chi connectivity index (χ3v) is 5.38. The number of hydrogen-bond acceptors (Lipinski definition) is 2. The van der Waals surface area contributed by atoms with Crippen LogP contribution >= 0.6 is 0 Å². The maximum Gasteiger partial charge on any atom is 0.279 e. The second-order valence-electron chi connectivity index (χ2n) is 7.23. The largest absolute Gasteiger partial charge is 0.360 e. The Kier molecular flexibility index (Phi) is 6.29. The van der Waals surface area contributed by atoms with E-state index < -0.39 is 0 Å². The molecule has 4 heteroatoms. The van der Waals surface area contributed by atoms with Gasteiger partial charge in [0, 0.05) is 11.4 Å². The lowest BCUT2D eigenvalue weighted by Gasteiger charge is -2.33. The second-order valence-corrected chi connectivity index (χ2v) is 7.23. The summed E-state index contributed by atoms with van der Waals surface area (Å²) in [6.07, 6.45) is 1.13. The highest BCUT2D eigenvalue weighted by molar-refractivity contribution is 5.91. The molecule has 1 fully saturated rings. The Labute approximate surface area is 156 Å². The molecular formula is C22H30N3O+. The number of hydrogen-bond donors (Lipinski definition) is 2. The molecule has 0 radical (unpaired) electrons. The van der Waals surface area contributed by atoms with Gasteiger partial charge in [-0.1, -0.05) is 44.2 Å². The van der Waals surface area contributed by atoms with Gasteiger partial charge < -0.3 is 15.1 Å². The minimum Gasteiger partial charge on any atom is -0.360 e. The molecule has 4 nitrogen and oxygen atoms in total. The Hall–Kier alpha value is -2.33. The van der Waals surface area contributed by atoms with Crippen LogP contribution in [0.4, 0.5) is 11.4 Å². The Bertz CT molecular complexity index is 691. The predicted octanol–water partition coefficient (Wildman–Crippen LogP) is 2.54. The number of benzene rings is 2. The van der Waals surface area contributed by atoms with Crippen molar-refractivity contribution in [2.75, 3.05) is 42.9 Å². The van der Waals surface area contributed by atoms with E-state index in [1.54, 1.807) is 0 Å². The Balaban J connectivity index is 1.46. The molecule has 1 saturated heterocycles. The number of nitrogens with zero attached hydrogens (tertiary/aromatic N) is 1. The normalized spacial score (nSPS) is 16.3. The van der Waals surface area contributed by atoms with Crippen LogP contribution in [0.15, 0.2) is 54.6 Å². The van der Waals surface area contributed by atoms with E-state index in [4.69, 9.17) is 0 Å². The summed E-state index contributed by atoms with van der Waals surface area (Å²) in [6.45, 7) is 8.94. The molecule has 0 unspecified atom stereocenters. The van der Waals surface area contributed by atoms with Crippen LogP contribution in [0, 0.1) is 0 Å². The number of amides is 1. The fourth-order valence-electron chi connectivity index (χ4n) is 3.46. The van der Waals surface area contributed by atoms with Gasteiger partial charge >= 0.3 is 0 Å². The quantitative estimate of drug-likeness (QED) is 0.838. The summed E-state index contributed by atoms with van der Waals surface area (Å²) in [6, 6.07) is 18.8. The third-order valence-electron chi connectivity index (χ3n) is 5.38. The van der Waals surface area contributed by atoms with Gasteiger partial charge in [0.2, 0.25) is 0 Å². The van der Waals surface area contributed by atoms with E-state index in [1.807, 2.05) is 18.2 Å². The van der Waals surface area contributed by atoms with Crippen LogP contribution in [0.2, 0.25) is 0 Å². The first-order valence-electron chi connectivity index (χ1n) is 9.69. The van der Waals surface area contributed by atoms with Crippen LogP contribution in [-0.4, -0.2) is 38.6 Å². The lowest BCUT2D eigenvalue weighted by molar-refractivity contribution is -0.892. The van der Waals surface area contributed by atoms with Gasteiger partial charge in [0.25, 0.3) is 5.91 Å². The van der Waals surface area contributed by atoms with Gasteiger partial charge in [0.15, 0.2) is 6.54 Å². The number of nitrogens with one attached hydrogen (secondary N) is 2. The number of para-hydroxylation sites is 1. The average Bonchev–Trinajstić information content (AvgIpc) is 2.69. The van der Waals surface area contributed by atoms with E-state index in [0.717, 1.165) is 38.3 Å². The fraction of sp³-hybridized carbons (Fsp3) is 0.409. The molecule has 26 heavy (non-hydrogen) atoms. The van der Waals surface area contributed by atoms with Crippen LogP contribution in [0.3, 0.4) is 0 Å². The molecule has 0 bridgehead atoms. The van der Waals surface area contributed by atoms with Crippen molar-refractivity contribution in [2.45, 2.75) is 26.2 Å². The molecule has 2 aromatic carbocycles. The summed E-state index contributed by atoms with van der Waals surface area (Å²) in [4.78, 5) is 16.1. The van der Waals surface area contributed by atoms with Crippen LogP contribution in [0.5, 0.6) is 0 Å². The molecule has 0 saturated carbocycles. The van der Waals surface area contributed by atoms with Crippen molar-refractivity contribution in [3.05, 3.63) is 60.2 Å². The molecule has 2 aromatic rings. The molecule has 1 aliphatic heterocycles. The monoisotopic (exact) mass is 352 g/mol. The van der Waals surface area contributed by atoms with Crippen molar-refractivity contribution >= 4 is 17.3 Å². The molecule has 1 heterocycles. The lowest BCUT2D eigenvalue weighted by Crippen LogP contribution is -3.15. The second kappa shape index (κ2) is 8.86. The maximum atomic E-state index is 12.4. The van der Waals surface area contributed by atoms with Crippen LogP contribution in [-0.2, 0) is 4.79 Å². The van der Waals surface area contributed by atoms with E-state index in [2.05, 4.69) is 60.5 Å². The summed E-state index contributed by atoms with van der Waals surface area (Å²) < 4.78 is 0. The van der Waals surface area contributed by atoms with Gasteiger partial charge in [-0.05, 0) is 42.2 Å². The highest BCUT2D eigenvalue weighted by Crippen LogP contribution is 2.20. The van der Waals surface area contributed by atoms with Crippen LogP contribution < -0.4 is 15.1 Å². The van der Waals surface area contributed by atoms with E-state index >= 15 is 0 Å². The SMILES string of the molecule is CC[C@H](C)c1ccc(NC(=O)C[NH+]2CCN(c3ccccc3)CC2)cc1. The number of anilines is 2. The van der Waals surface area contributed by atoms with Gasteiger partial charge in [-0.3, -0.25) is 4.79 Å². The van der Waals surface area contributed by atoms with E-state index in [1.165, 1.54) is 16.2 Å². The fourth-order valence-corrected chi connectivity index (χ4v) is 3.46. The predicted molar refractivity (Wildman–Crippen MR) is 108 cm³/mol. The minimum absolute atomic E-state index is 0.101. The van der Waals surface area contributed by atoms with Crippen LogP contribution in [0.25, 0.3) is 0 Å². The number of carbonyl (C=O) groups excluding carboxylic acids is 1. The minimum atomic E-state index is 0.101. The number of carbonyl (C=O) groups is 1. The zero-order valence-corrected chi connectivity index (χ0v) is 15.9. The van der Waals surface area contributed by atoms with E-state index in [-0.39, 0.29) is 5.91 Å². The van der Waals surface area contributed by atoms with Crippen molar-refractivity contribution in [3.63, 3.8) is 0 Å². The zero-order chi connectivity index (χ0) is 18.4. The standard InChI is InChI=1S/C22H29N3O/c1-3-18(2)19-9-11-20(12-10-19)23-22(26)17-24-13-15-25(16-14-24)21-7-5-4-6-8-21/h4-12,18H,3,13-17H2,1-2H3,(H,23,26)/p+1/t18-/m0/s1. The Morgan fingerprint density at radius 1 is 1.08 bits per heavy atom. The Morgan fingerprint density at radius 3 is 2.35 bits per heavy atom. The highest BCUT2D eigenvalue weighted by atomic mass is 16.2. The topological polar surface area (TPSA) is 36.8 Å². The maximum absolute atomic E-state index is 12.4. The molecule has 0 aliphatic carbocycles. The number of rotatable bonds is 6. The van der Waals surface area contributed by atoms with E-state index in [0.29, 0.717) is 12.5 Å². The lowest BCUT2D eigenvalue weighted by atomic mass is 9.99. The molecule has 1 amide bonds. The molecule has 3 rings (SSSR count). The zero-order valence-electron chi connectivity index (χ0n) is 15.9. The molecule has 1 atom stereocenters. The summed E-state index contributed by atoms with van der Waals surface area (Å²) in [5, 5.41) is 3.04. The van der Waals surface area contributed by atoms with Crippen molar-refractivity contribution in [3.8, 4) is 0 Å². The summed E-state index contributed by atoms with van der Waals surface area (Å²) >= 11 is 0. The Morgan fingerprint density at radius 2 is 1.73 bits per heavy atom.